The molecule has 34 heavy (non-hydrogen) atoms. The molecule has 0 aliphatic carbocycles. The standard InChI is InChI=1S/C25H21ClN4O4/c26-19-12-10-18(11-13-19)25-27-24(34-30-25)15-14-22(31)28-29-23(32)16-33-21-9-5-4-8-20(21)17-6-2-1-3-7-17/h1-13H,14-16H2,(H,28,31)(H,29,32). The van der Waals surface area contributed by atoms with Gasteiger partial charge in [0.1, 0.15) is 5.75 Å². The maximum atomic E-state index is 12.1. The zero-order valence-electron chi connectivity index (χ0n) is 18.0. The molecule has 2 amide bonds. The van der Waals surface area contributed by atoms with Gasteiger partial charge in [-0.25, -0.2) is 0 Å². The fourth-order valence-corrected chi connectivity index (χ4v) is 3.25. The fraction of sp³-hybridized carbons (Fsp3) is 0.120. The topological polar surface area (TPSA) is 106 Å². The molecular weight excluding hydrogens is 456 g/mol. The van der Waals surface area contributed by atoms with E-state index in [1.807, 2.05) is 48.5 Å². The highest BCUT2D eigenvalue weighted by molar-refractivity contribution is 6.30. The van der Waals surface area contributed by atoms with Crippen LogP contribution < -0.4 is 15.6 Å². The summed E-state index contributed by atoms with van der Waals surface area (Å²) < 4.78 is 10.8. The summed E-state index contributed by atoms with van der Waals surface area (Å²) in [5, 5.41) is 4.51. The van der Waals surface area contributed by atoms with Crippen LogP contribution in [0.25, 0.3) is 22.5 Å². The van der Waals surface area contributed by atoms with Gasteiger partial charge in [0.15, 0.2) is 6.61 Å². The number of aromatic nitrogens is 2. The first-order valence-corrected chi connectivity index (χ1v) is 10.9. The highest BCUT2D eigenvalue weighted by Crippen LogP contribution is 2.29. The lowest BCUT2D eigenvalue weighted by Crippen LogP contribution is -2.43. The van der Waals surface area contributed by atoms with Gasteiger partial charge in [0, 0.05) is 29.0 Å². The first kappa shape index (κ1) is 23.0. The number of rotatable bonds is 8. The van der Waals surface area contributed by atoms with Crippen LogP contribution in [0.4, 0.5) is 0 Å². The van der Waals surface area contributed by atoms with E-state index in [0.717, 1.165) is 16.7 Å². The molecule has 0 radical (unpaired) electrons. The number of carbonyl (C=O) groups is 2. The number of hydrogen-bond donors (Lipinski definition) is 2. The van der Waals surface area contributed by atoms with E-state index in [-0.39, 0.29) is 19.4 Å². The predicted octanol–water partition coefficient (Wildman–Crippen LogP) is 4.22. The zero-order chi connectivity index (χ0) is 23.8. The molecule has 1 aromatic heterocycles. The largest absolute Gasteiger partial charge is 0.483 e. The lowest BCUT2D eigenvalue weighted by molar-refractivity contribution is -0.130. The molecule has 0 aliphatic rings. The highest BCUT2D eigenvalue weighted by Gasteiger charge is 2.12. The van der Waals surface area contributed by atoms with Gasteiger partial charge in [-0.2, -0.15) is 4.98 Å². The van der Waals surface area contributed by atoms with Crippen LogP contribution in [-0.4, -0.2) is 28.6 Å². The Hall–Kier alpha value is -4.17. The van der Waals surface area contributed by atoms with Gasteiger partial charge >= 0.3 is 0 Å². The van der Waals surface area contributed by atoms with Crippen LogP contribution >= 0.6 is 11.6 Å². The molecule has 8 nitrogen and oxygen atoms in total. The molecule has 0 atom stereocenters. The number of halogens is 1. The summed E-state index contributed by atoms with van der Waals surface area (Å²) in [6, 6.07) is 24.2. The van der Waals surface area contributed by atoms with Crippen molar-refractivity contribution < 1.29 is 18.8 Å². The van der Waals surface area contributed by atoms with Crippen LogP contribution in [0, 0.1) is 0 Å². The van der Waals surface area contributed by atoms with Gasteiger partial charge in [0.05, 0.1) is 0 Å². The molecule has 0 saturated heterocycles. The van der Waals surface area contributed by atoms with Crippen LogP contribution in [0.1, 0.15) is 12.3 Å². The van der Waals surface area contributed by atoms with E-state index in [0.29, 0.717) is 22.5 Å². The van der Waals surface area contributed by atoms with E-state index in [1.54, 1.807) is 30.3 Å². The number of ether oxygens (including phenoxy) is 1. The number of hydrazine groups is 1. The molecule has 2 N–H and O–H groups in total. The first-order chi connectivity index (χ1) is 16.6. The molecule has 4 rings (SSSR count). The summed E-state index contributed by atoms with van der Waals surface area (Å²) in [4.78, 5) is 28.5. The zero-order valence-corrected chi connectivity index (χ0v) is 18.8. The molecule has 0 aliphatic heterocycles. The van der Waals surface area contributed by atoms with Crippen LogP contribution in [0.2, 0.25) is 5.02 Å². The summed E-state index contributed by atoms with van der Waals surface area (Å²) in [6.45, 7) is -0.252. The van der Waals surface area contributed by atoms with Crippen LogP contribution in [0.15, 0.2) is 83.4 Å². The molecule has 0 spiro atoms. The van der Waals surface area contributed by atoms with Gasteiger partial charge in [-0.05, 0) is 35.9 Å². The third kappa shape index (κ3) is 6.20. The number of amides is 2. The number of hydrogen-bond acceptors (Lipinski definition) is 6. The van der Waals surface area contributed by atoms with Crippen molar-refractivity contribution >= 4 is 23.4 Å². The fourth-order valence-electron chi connectivity index (χ4n) is 3.12. The molecule has 0 unspecified atom stereocenters. The molecule has 0 fully saturated rings. The summed E-state index contributed by atoms with van der Waals surface area (Å²) in [6.07, 6.45) is 0.281. The van der Waals surface area contributed by atoms with Crippen molar-refractivity contribution in [2.45, 2.75) is 12.8 Å². The number of para-hydroxylation sites is 1. The smallest absolute Gasteiger partial charge is 0.276 e. The number of benzene rings is 3. The van der Waals surface area contributed by atoms with Gasteiger partial charge in [0.2, 0.25) is 17.6 Å². The van der Waals surface area contributed by atoms with Gasteiger partial charge < -0.3 is 9.26 Å². The Morgan fingerprint density at radius 1 is 0.853 bits per heavy atom. The summed E-state index contributed by atoms with van der Waals surface area (Å²) in [5.74, 6) is 0.409. The molecule has 172 valence electrons. The minimum Gasteiger partial charge on any atom is -0.483 e. The van der Waals surface area contributed by atoms with E-state index in [1.165, 1.54) is 0 Å². The minimum absolute atomic E-state index is 0.0558. The van der Waals surface area contributed by atoms with Gasteiger partial charge in [-0.15, -0.1) is 0 Å². The maximum absolute atomic E-state index is 12.1. The molecule has 0 bridgehead atoms. The second-order valence-corrected chi connectivity index (χ2v) is 7.70. The van der Waals surface area contributed by atoms with Crippen LogP contribution in [-0.2, 0) is 16.0 Å². The van der Waals surface area contributed by atoms with Crippen molar-refractivity contribution in [2.75, 3.05) is 6.61 Å². The Kier molecular flexibility index (Phi) is 7.52. The monoisotopic (exact) mass is 476 g/mol. The van der Waals surface area contributed by atoms with Gasteiger partial charge in [-0.1, -0.05) is 65.3 Å². The molecule has 3 aromatic carbocycles. The Morgan fingerprint density at radius 3 is 2.35 bits per heavy atom. The highest BCUT2D eigenvalue weighted by atomic mass is 35.5. The van der Waals surface area contributed by atoms with E-state index in [4.69, 9.17) is 20.9 Å². The number of nitrogens with zero attached hydrogens (tertiary/aromatic N) is 2. The van der Waals surface area contributed by atoms with E-state index in [9.17, 15) is 9.59 Å². The Labute approximate surface area is 200 Å². The van der Waals surface area contributed by atoms with Crippen LogP contribution in [0.5, 0.6) is 5.75 Å². The number of aryl methyl sites for hydroxylation is 1. The lowest BCUT2D eigenvalue weighted by Gasteiger charge is -2.12. The van der Waals surface area contributed by atoms with E-state index < -0.39 is 11.8 Å². The predicted molar refractivity (Wildman–Crippen MR) is 127 cm³/mol. The van der Waals surface area contributed by atoms with Gasteiger partial charge in [0.25, 0.3) is 5.91 Å². The maximum Gasteiger partial charge on any atom is 0.276 e. The lowest BCUT2D eigenvalue weighted by atomic mass is 10.1. The second-order valence-electron chi connectivity index (χ2n) is 7.27. The Bertz CT molecular complexity index is 1260. The van der Waals surface area contributed by atoms with Crippen molar-refractivity contribution in [3.8, 4) is 28.3 Å². The average molecular weight is 477 g/mol. The molecule has 4 aromatic rings. The van der Waals surface area contributed by atoms with Crippen molar-refractivity contribution in [3.05, 3.63) is 89.8 Å². The van der Waals surface area contributed by atoms with Crippen LogP contribution in [0.3, 0.4) is 0 Å². The number of nitrogens with one attached hydrogen (secondary N) is 2. The van der Waals surface area contributed by atoms with Crippen molar-refractivity contribution in [1.82, 2.24) is 21.0 Å². The molecule has 1 heterocycles. The summed E-state index contributed by atoms with van der Waals surface area (Å²) >= 11 is 5.88. The quantitative estimate of drug-likeness (QED) is 0.369. The van der Waals surface area contributed by atoms with E-state index in [2.05, 4.69) is 21.0 Å². The number of carbonyl (C=O) groups excluding carboxylic acids is 2. The third-order valence-electron chi connectivity index (χ3n) is 4.81. The average Bonchev–Trinajstić information content (AvgIpc) is 3.35. The summed E-state index contributed by atoms with van der Waals surface area (Å²) in [5.41, 5.74) is 7.30. The molecule has 0 saturated carbocycles. The first-order valence-electron chi connectivity index (χ1n) is 10.5. The summed E-state index contributed by atoms with van der Waals surface area (Å²) in [7, 11) is 0. The Morgan fingerprint density at radius 2 is 1.56 bits per heavy atom. The van der Waals surface area contributed by atoms with Crippen molar-refractivity contribution in [1.29, 1.82) is 0 Å². The molecule has 9 heteroatoms. The third-order valence-corrected chi connectivity index (χ3v) is 5.06. The minimum atomic E-state index is -0.487. The second kappa shape index (κ2) is 11.1. The van der Waals surface area contributed by atoms with Crippen molar-refractivity contribution in [2.24, 2.45) is 0 Å². The van der Waals surface area contributed by atoms with E-state index >= 15 is 0 Å². The normalized spacial score (nSPS) is 10.5. The Balaban J connectivity index is 1.22. The van der Waals surface area contributed by atoms with Gasteiger partial charge in [-0.3, -0.25) is 20.4 Å². The molecular formula is C25H21ClN4O4. The van der Waals surface area contributed by atoms with Crippen molar-refractivity contribution in [3.63, 3.8) is 0 Å². The SMILES string of the molecule is O=C(CCc1nc(-c2ccc(Cl)cc2)no1)NNC(=O)COc1ccccc1-c1ccccc1.